The first-order valence-corrected chi connectivity index (χ1v) is 53.4. The Bertz CT molecular complexity index is 3140. The first kappa shape index (κ1) is 121. The maximum absolute atomic E-state index is 13.1. The first-order chi connectivity index (χ1) is 62.2. The average molecular weight is 1810 g/mol. The molecule has 0 spiro atoms. The van der Waals surface area contributed by atoms with Crippen LogP contribution in [0.15, 0.2) is 207 Å². The van der Waals surface area contributed by atoms with Crippen LogP contribution in [0.25, 0.3) is 0 Å². The first-order valence-electron chi connectivity index (χ1n) is 50.4. The Kier molecular flexibility index (Phi) is 94.6. The van der Waals surface area contributed by atoms with Gasteiger partial charge < -0.3 is 34.2 Å². The van der Waals surface area contributed by atoms with E-state index >= 15 is 0 Å². The Morgan fingerprint density at radius 1 is 0.220 bits per heavy atom. The molecule has 0 saturated carbocycles. The monoisotopic (exact) mass is 1810 g/mol. The molecule has 0 amide bonds. The van der Waals surface area contributed by atoms with Gasteiger partial charge in [0.05, 0.1) is 26.4 Å². The highest BCUT2D eigenvalue weighted by Crippen LogP contribution is 2.45. The number of esters is 3. The Morgan fingerprint density at radius 3 is 0.622 bits per heavy atom. The van der Waals surface area contributed by atoms with Gasteiger partial charge in [-0.05, 0) is 167 Å². The van der Waals surface area contributed by atoms with E-state index in [2.05, 4.69) is 227 Å². The number of rotatable bonds is 94. The lowest BCUT2D eigenvalue weighted by molar-refractivity contribution is -0.161. The van der Waals surface area contributed by atoms with Crippen molar-refractivity contribution in [1.29, 1.82) is 0 Å². The van der Waals surface area contributed by atoms with Crippen molar-refractivity contribution in [2.75, 3.05) is 39.6 Å². The molecule has 0 aliphatic carbocycles. The predicted molar refractivity (Wildman–Crippen MR) is 537 cm³/mol. The number of aliphatic hydroxyl groups excluding tert-OH is 2. The fourth-order valence-corrected chi connectivity index (χ4v) is 15.1. The normalized spacial score (nSPS) is 14.5. The Labute approximate surface area is 775 Å². The lowest BCUT2D eigenvalue weighted by atomic mass is 10.0. The zero-order valence-electron chi connectivity index (χ0n) is 80.1. The number of ether oxygens (including phenoxy) is 3. The third kappa shape index (κ3) is 101. The third-order valence-corrected chi connectivity index (χ3v) is 22.9. The van der Waals surface area contributed by atoms with E-state index in [1.165, 1.54) is 154 Å². The lowest BCUT2D eigenvalue weighted by Crippen LogP contribution is -2.30. The summed E-state index contributed by atoms with van der Waals surface area (Å²) in [6, 6.07) is 0. The smallest absolute Gasteiger partial charge is 0.463 e. The van der Waals surface area contributed by atoms with E-state index < -0.39 is 91.5 Å². The molecule has 5 unspecified atom stereocenters. The van der Waals surface area contributed by atoms with Crippen molar-refractivity contribution < 1.29 is 75.8 Å². The molecule has 0 aliphatic rings. The summed E-state index contributed by atoms with van der Waals surface area (Å²) in [7, 11) is -9.83. The molecule has 0 aliphatic heterocycles. The summed E-state index contributed by atoms with van der Waals surface area (Å²) >= 11 is 0. The number of hydrogen-bond donors (Lipinski definition) is 4. The van der Waals surface area contributed by atoms with Gasteiger partial charge in [0.25, 0.3) is 0 Å². The summed E-state index contributed by atoms with van der Waals surface area (Å²) in [5.74, 6) is -1.59. The van der Waals surface area contributed by atoms with Crippen LogP contribution in [0.4, 0.5) is 0 Å². The van der Waals surface area contributed by atoms with Crippen LogP contribution in [0, 0.1) is 0 Å². The minimum atomic E-state index is -4.96. The van der Waals surface area contributed by atoms with E-state index in [9.17, 15) is 43.5 Å². The van der Waals surface area contributed by atoms with E-state index in [-0.39, 0.29) is 19.3 Å². The molecule has 127 heavy (non-hydrogen) atoms. The number of carbonyl (C=O) groups excluding carboxylic acids is 3. The van der Waals surface area contributed by atoms with E-state index in [4.69, 9.17) is 32.3 Å². The van der Waals surface area contributed by atoms with Crippen LogP contribution in [0.2, 0.25) is 0 Å². The molecule has 0 radical (unpaired) electrons. The zero-order valence-corrected chi connectivity index (χ0v) is 81.9. The molecule has 4 N–H and O–H groups in total. The van der Waals surface area contributed by atoms with E-state index in [0.717, 1.165) is 193 Å². The van der Waals surface area contributed by atoms with Crippen molar-refractivity contribution in [2.24, 2.45) is 0 Å². The fraction of sp³-hybridized carbons (Fsp3) is 0.661. The topological polar surface area (TPSA) is 231 Å². The maximum atomic E-state index is 13.1. The SMILES string of the molecule is CC/C=C\C/C=C\C/C=C\C/C=C\C/C=C\C/C=C\CCCCCCCCCCCCCCCCCCC(=O)OCC(O)COP(=O)(O)OCC(O)COP(=O)(O)OCC(COC(=O)CCCCCCCCCCCCCCCCC/C=C\C/C=C\C/C=C\C/C=C\C/C=C\CC)OC(=O)CCCCCCCC/C=C\C/C=C\C/C=C\C/C=C\C/C=C\C/C=C\CC. The average Bonchev–Trinajstić information content (AvgIpc) is 0.899. The number of hydrogen-bond acceptors (Lipinski definition) is 14. The Hall–Kier alpha value is -5.87. The standard InChI is InChI=1S/C109H182O16P2/c1-4-7-10-13-16-19-22-25-28-31-34-37-40-43-45-47-49-50-51-52-54-56-57-60-62-65-68-71-74-77-80-83-86-89-92-95-107(112)119-98-104(110)99-121-126(115,116)122-100-105(111)101-123-127(117,118)124-103-106(125-109(114)97-94-91-88-85-82-79-76-73-70-67-64-59-42-39-36-33-30-27-24-21-18-15-12-9-6-3)102-120-108(113)96-93-90-87-84-81-78-75-72-69-66-63-61-58-55-53-48-46-44-41-38-35-32-29-26-23-20-17-14-11-8-5-2/h7-12,16-21,25-30,34-39,43-46,49-50,59,64,70,73,104-106,110-111H,4-6,13-15,22-24,31-33,40-42,47-48,51-58,60-63,65-69,71-72,74-103H2,1-3H3,(H,115,116)(H,117,118)/b10-7-,11-8-,12-9-,19-16-,20-17-,21-18-,28-25-,29-26-,30-27-,37-34-,38-35-,39-36-,45-43-,46-44-,50-49-,64-59-,73-70-. The lowest BCUT2D eigenvalue weighted by Gasteiger charge is -2.21. The van der Waals surface area contributed by atoms with Crippen molar-refractivity contribution >= 4 is 33.6 Å². The molecule has 0 aromatic rings. The molecule has 0 aromatic carbocycles. The Balaban J connectivity index is 4.60. The van der Waals surface area contributed by atoms with Gasteiger partial charge in [-0.15, -0.1) is 0 Å². The number of allylic oxidation sites excluding steroid dienone is 34. The second-order valence-corrected chi connectivity index (χ2v) is 36.0. The van der Waals surface area contributed by atoms with E-state index in [1.807, 2.05) is 0 Å². The largest absolute Gasteiger partial charge is 0.472 e. The molecule has 16 nitrogen and oxygen atoms in total. The second-order valence-electron chi connectivity index (χ2n) is 33.1. The van der Waals surface area contributed by atoms with Crippen molar-refractivity contribution in [1.82, 2.24) is 0 Å². The highest BCUT2D eigenvalue weighted by Gasteiger charge is 2.30. The quantitative estimate of drug-likeness (QED) is 0.0146. The number of phosphoric acid groups is 2. The number of phosphoric ester groups is 2. The molecule has 5 atom stereocenters. The van der Waals surface area contributed by atoms with Crippen LogP contribution in [0.5, 0.6) is 0 Å². The van der Waals surface area contributed by atoms with Gasteiger partial charge in [-0.1, -0.05) is 426 Å². The van der Waals surface area contributed by atoms with Gasteiger partial charge in [0, 0.05) is 19.3 Å². The van der Waals surface area contributed by atoms with Crippen molar-refractivity contribution in [2.45, 2.75) is 424 Å². The van der Waals surface area contributed by atoms with Crippen molar-refractivity contribution in [3.8, 4) is 0 Å². The van der Waals surface area contributed by atoms with Gasteiger partial charge in [-0.3, -0.25) is 32.5 Å². The predicted octanol–water partition coefficient (Wildman–Crippen LogP) is 31.9. The van der Waals surface area contributed by atoms with Gasteiger partial charge in [0.15, 0.2) is 6.10 Å². The molecule has 0 bridgehead atoms. The molecule has 0 rings (SSSR count). The van der Waals surface area contributed by atoms with Crippen LogP contribution >= 0.6 is 15.6 Å². The summed E-state index contributed by atoms with van der Waals surface area (Å²) in [6.45, 7) is 2.37. The van der Waals surface area contributed by atoms with Gasteiger partial charge >= 0.3 is 33.6 Å². The number of aliphatic hydroxyl groups is 2. The van der Waals surface area contributed by atoms with Gasteiger partial charge in [-0.25, -0.2) is 9.13 Å². The van der Waals surface area contributed by atoms with E-state index in [0.29, 0.717) is 19.3 Å². The van der Waals surface area contributed by atoms with Gasteiger partial charge in [-0.2, -0.15) is 0 Å². The van der Waals surface area contributed by atoms with Crippen molar-refractivity contribution in [3.63, 3.8) is 0 Å². The van der Waals surface area contributed by atoms with Gasteiger partial charge in [0.1, 0.15) is 25.4 Å². The summed E-state index contributed by atoms with van der Waals surface area (Å²) in [4.78, 5) is 59.2. The minimum Gasteiger partial charge on any atom is -0.463 e. The van der Waals surface area contributed by atoms with Crippen LogP contribution in [0.1, 0.15) is 406 Å². The second kappa shape index (κ2) is 99.1. The molecular weight excluding hydrogens is 1630 g/mol. The van der Waals surface area contributed by atoms with Crippen LogP contribution in [-0.2, 0) is 55.8 Å². The summed E-state index contributed by atoms with van der Waals surface area (Å²) in [5, 5.41) is 20.8. The van der Waals surface area contributed by atoms with Crippen LogP contribution < -0.4 is 0 Å². The third-order valence-electron chi connectivity index (χ3n) is 21.0. The molecular formula is C109H182O16P2. The summed E-state index contributed by atoms with van der Waals surface area (Å²) in [5.41, 5.74) is 0. The van der Waals surface area contributed by atoms with E-state index in [1.54, 1.807) is 0 Å². The molecule has 0 heterocycles. The molecule has 0 fully saturated rings. The molecule has 724 valence electrons. The minimum absolute atomic E-state index is 0.0818. The molecule has 0 saturated heterocycles. The fourth-order valence-electron chi connectivity index (χ4n) is 13.5. The summed E-state index contributed by atoms with van der Waals surface area (Å²) < 4.78 is 61.6. The zero-order chi connectivity index (χ0) is 92.1. The van der Waals surface area contributed by atoms with Crippen molar-refractivity contribution in [3.05, 3.63) is 207 Å². The van der Waals surface area contributed by atoms with Crippen LogP contribution in [-0.4, -0.2) is 95.9 Å². The summed E-state index contributed by atoms with van der Waals surface area (Å²) in [6.07, 6.45) is 135. The number of unbranched alkanes of at least 4 members (excludes halogenated alkanes) is 37. The number of carbonyl (C=O) groups is 3. The van der Waals surface area contributed by atoms with Gasteiger partial charge in [0.2, 0.25) is 0 Å². The Morgan fingerprint density at radius 2 is 0.394 bits per heavy atom. The molecule has 18 heteroatoms. The van der Waals surface area contributed by atoms with Crippen LogP contribution in [0.3, 0.4) is 0 Å². The maximum Gasteiger partial charge on any atom is 0.472 e. The highest BCUT2D eigenvalue weighted by molar-refractivity contribution is 7.47. The highest BCUT2D eigenvalue weighted by atomic mass is 31.2. The molecule has 0 aromatic heterocycles.